The van der Waals surface area contributed by atoms with Crippen molar-refractivity contribution in [3.63, 3.8) is 0 Å². The maximum atomic E-state index is 13.4. The fraction of sp³-hybridized carbons (Fsp3) is 0.333. The summed E-state index contributed by atoms with van der Waals surface area (Å²) in [4.78, 5) is 29.3. The summed E-state index contributed by atoms with van der Waals surface area (Å²) in [6, 6.07) is 6.43. The molecule has 7 nitrogen and oxygen atoms in total. The van der Waals surface area contributed by atoms with E-state index >= 15 is 0 Å². The molecule has 0 spiro atoms. The number of nitrogens with one attached hydrogen (secondary N) is 1. The Bertz CT molecular complexity index is 1140. The molecule has 1 N–H and O–H groups in total. The summed E-state index contributed by atoms with van der Waals surface area (Å²) in [5.41, 5.74) is 0.774. The maximum Gasteiger partial charge on any atom is 0.417 e. The smallest absolute Gasteiger partial charge is 0.366 e. The van der Waals surface area contributed by atoms with Crippen molar-refractivity contribution < 1.29 is 18.0 Å². The molecule has 0 saturated carbocycles. The minimum Gasteiger partial charge on any atom is -0.366 e. The molecule has 0 aliphatic carbocycles. The molecule has 0 atom stereocenters. The van der Waals surface area contributed by atoms with Gasteiger partial charge in [-0.1, -0.05) is 19.9 Å². The molecule has 0 radical (unpaired) electrons. The van der Waals surface area contributed by atoms with E-state index in [2.05, 4.69) is 43.9 Å². The number of hydrogen-bond donors (Lipinski definition) is 1. The van der Waals surface area contributed by atoms with E-state index < -0.39 is 23.2 Å². The molecule has 2 aromatic heterocycles. The van der Waals surface area contributed by atoms with Crippen molar-refractivity contribution in [3.8, 4) is 0 Å². The van der Waals surface area contributed by atoms with Crippen molar-refractivity contribution >= 4 is 23.1 Å². The highest BCUT2D eigenvalue weighted by atomic mass is 19.4. The van der Waals surface area contributed by atoms with Crippen molar-refractivity contribution in [2.24, 2.45) is 0 Å². The molecule has 1 aliphatic heterocycles. The highest BCUT2D eigenvalue weighted by Gasteiger charge is 2.35. The van der Waals surface area contributed by atoms with Crippen LogP contribution in [0.2, 0.25) is 0 Å². The van der Waals surface area contributed by atoms with Crippen molar-refractivity contribution in [2.75, 3.05) is 41.3 Å². The largest absolute Gasteiger partial charge is 0.417 e. The third-order valence-electron chi connectivity index (χ3n) is 5.80. The van der Waals surface area contributed by atoms with E-state index in [0.29, 0.717) is 31.9 Å². The van der Waals surface area contributed by atoms with Crippen LogP contribution in [-0.2, 0) is 6.18 Å². The van der Waals surface area contributed by atoms with E-state index in [0.717, 1.165) is 35.5 Å². The summed E-state index contributed by atoms with van der Waals surface area (Å²) >= 11 is 0. The minimum atomic E-state index is -4.66. The highest BCUT2D eigenvalue weighted by molar-refractivity contribution is 6.06. The van der Waals surface area contributed by atoms with E-state index in [1.165, 1.54) is 0 Å². The number of rotatable bonds is 5. The number of halogens is 3. The van der Waals surface area contributed by atoms with Gasteiger partial charge in [0.2, 0.25) is 0 Å². The van der Waals surface area contributed by atoms with E-state index in [4.69, 9.17) is 0 Å². The Labute approximate surface area is 195 Å². The Hall–Kier alpha value is -3.69. The number of aromatic nitrogens is 3. The third-order valence-corrected chi connectivity index (χ3v) is 5.80. The lowest BCUT2D eigenvalue weighted by Crippen LogP contribution is -2.47. The van der Waals surface area contributed by atoms with Crippen LogP contribution in [0.25, 0.3) is 0 Å². The van der Waals surface area contributed by atoms with Crippen LogP contribution < -0.4 is 15.1 Å². The standard InChI is InChI=1S/C24H25F3N6O/c1-16(2)17-3-4-20(31-23(34)18-14-28-6-5-19(18)24(25,26)27)21(13-17)32-9-11-33(12-10-32)22-15-29-7-8-30-22/h3-8,13-16H,9-12H2,1-2H3,(H,31,34). The molecule has 178 valence electrons. The number of hydrogen-bond acceptors (Lipinski definition) is 6. The van der Waals surface area contributed by atoms with Gasteiger partial charge in [-0.05, 0) is 29.7 Å². The van der Waals surface area contributed by atoms with E-state index in [1.54, 1.807) is 24.7 Å². The average molecular weight is 470 g/mol. The molecule has 1 saturated heterocycles. The molecular formula is C24H25F3N6O. The molecule has 1 amide bonds. The number of carbonyl (C=O) groups is 1. The molecule has 3 aromatic rings. The third kappa shape index (κ3) is 5.11. The molecule has 1 fully saturated rings. The number of carbonyl (C=O) groups excluding carboxylic acids is 1. The van der Waals surface area contributed by atoms with Crippen molar-refractivity contribution in [3.05, 3.63) is 71.9 Å². The lowest BCUT2D eigenvalue weighted by Gasteiger charge is -2.37. The number of piperazine rings is 1. The Morgan fingerprint density at radius 2 is 1.68 bits per heavy atom. The predicted molar refractivity (Wildman–Crippen MR) is 124 cm³/mol. The summed E-state index contributed by atoms with van der Waals surface area (Å²) in [6.07, 6.45) is 2.30. The van der Waals surface area contributed by atoms with Crippen molar-refractivity contribution in [1.82, 2.24) is 15.0 Å². The van der Waals surface area contributed by atoms with Gasteiger partial charge in [-0.15, -0.1) is 0 Å². The van der Waals surface area contributed by atoms with Gasteiger partial charge in [0.05, 0.1) is 28.7 Å². The second-order valence-electron chi connectivity index (χ2n) is 8.34. The maximum absolute atomic E-state index is 13.4. The van der Waals surface area contributed by atoms with Gasteiger partial charge in [0.25, 0.3) is 5.91 Å². The predicted octanol–water partition coefficient (Wildman–Crippen LogP) is 4.59. The first-order valence-corrected chi connectivity index (χ1v) is 11.0. The van der Waals surface area contributed by atoms with Crippen LogP contribution in [0.5, 0.6) is 0 Å². The second kappa shape index (κ2) is 9.66. The first kappa shape index (κ1) is 23.5. The SMILES string of the molecule is CC(C)c1ccc(NC(=O)c2cnccc2C(F)(F)F)c(N2CCN(c3cnccn3)CC2)c1. The topological polar surface area (TPSA) is 74.2 Å². The average Bonchev–Trinajstić information content (AvgIpc) is 2.84. The van der Waals surface area contributed by atoms with E-state index in [9.17, 15) is 18.0 Å². The molecule has 1 aliphatic rings. The number of benzene rings is 1. The zero-order valence-corrected chi connectivity index (χ0v) is 18.9. The number of anilines is 3. The van der Waals surface area contributed by atoms with Crippen LogP contribution in [0.15, 0.2) is 55.2 Å². The monoisotopic (exact) mass is 470 g/mol. The molecule has 1 aromatic carbocycles. The molecule has 10 heteroatoms. The van der Waals surface area contributed by atoms with Crippen LogP contribution in [0.3, 0.4) is 0 Å². The fourth-order valence-corrected chi connectivity index (χ4v) is 3.92. The summed E-state index contributed by atoms with van der Waals surface area (Å²) in [6.45, 7) is 6.82. The van der Waals surface area contributed by atoms with Gasteiger partial charge in [0.15, 0.2) is 0 Å². The van der Waals surface area contributed by atoms with E-state index in [-0.39, 0.29) is 5.92 Å². The minimum absolute atomic E-state index is 0.250. The highest BCUT2D eigenvalue weighted by Crippen LogP contribution is 2.34. The molecule has 3 heterocycles. The molecule has 34 heavy (non-hydrogen) atoms. The van der Waals surface area contributed by atoms with Gasteiger partial charge in [-0.25, -0.2) is 4.98 Å². The zero-order valence-electron chi connectivity index (χ0n) is 18.9. The number of nitrogens with zero attached hydrogens (tertiary/aromatic N) is 5. The van der Waals surface area contributed by atoms with Crippen LogP contribution in [0.4, 0.5) is 30.4 Å². The van der Waals surface area contributed by atoms with Crippen molar-refractivity contribution in [1.29, 1.82) is 0 Å². The first-order valence-electron chi connectivity index (χ1n) is 11.0. The Morgan fingerprint density at radius 3 is 2.32 bits per heavy atom. The van der Waals surface area contributed by atoms with Crippen LogP contribution >= 0.6 is 0 Å². The molecular weight excluding hydrogens is 445 g/mol. The van der Waals surface area contributed by atoms with Gasteiger partial charge >= 0.3 is 6.18 Å². The fourth-order valence-electron chi connectivity index (χ4n) is 3.92. The summed E-state index contributed by atoms with van der Waals surface area (Å²) in [5.74, 6) is 0.194. The number of alkyl halides is 3. The number of amides is 1. The van der Waals surface area contributed by atoms with Gasteiger partial charge < -0.3 is 15.1 Å². The normalized spacial score (nSPS) is 14.4. The van der Waals surface area contributed by atoms with E-state index in [1.807, 2.05) is 12.1 Å². The summed E-state index contributed by atoms with van der Waals surface area (Å²) in [5, 5.41) is 2.69. The van der Waals surface area contributed by atoms with Crippen molar-refractivity contribution in [2.45, 2.75) is 25.9 Å². The van der Waals surface area contributed by atoms with Gasteiger partial charge in [0, 0.05) is 51.0 Å². The first-order chi connectivity index (χ1) is 16.2. The Balaban J connectivity index is 1.59. The lowest BCUT2D eigenvalue weighted by molar-refractivity contribution is -0.138. The molecule has 4 rings (SSSR count). The second-order valence-corrected chi connectivity index (χ2v) is 8.34. The number of pyridine rings is 1. The Morgan fingerprint density at radius 1 is 0.971 bits per heavy atom. The van der Waals surface area contributed by atoms with Crippen LogP contribution in [-0.4, -0.2) is 47.0 Å². The molecule has 0 bridgehead atoms. The lowest BCUT2D eigenvalue weighted by atomic mass is 10.0. The summed E-state index contributed by atoms with van der Waals surface area (Å²) < 4.78 is 40.2. The summed E-state index contributed by atoms with van der Waals surface area (Å²) in [7, 11) is 0. The zero-order chi connectivity index (χ0) is 24.3. The quantitative estimate of drug-likeness (QED) is 0.588. The van der Waals surface area contributed by atoms with Gasteiger partial charge in [-0.2, -0.15) is 13.2 Å². The molecule has 0 unspecified atom stereocenters. The Kier molecular flexibility index (Phi) is 6.67. The van der Waals surface area contributed by atoms with Crippen LogP contribution in [0.1, 0.15) is 41.3 Å². The van der Waals surface area contributed by atoms with Gasteiger partial charge in [0.1, 0.15) is 5.82 Å². The van der Waals surface area contributed by atoms with Gasteiger partial charge in [-0.3, -0.25) is 14.8 Å². The van der Waals surface area contributed by atoms with Crippen LogP contribution in [0, 0.1) is 0 Å².